The van der Waals surface area contributed by atoms with Crippen molar-refractivity contribution < 1.29 is 0 Å². The molecule has 0 aromatic heterocycles. The fourth-order valence-electron chi connectivity index (χ4n) is 1.75. The molecular weight excluding hydrogens is 168 g/mol. The minimum atomic E-state index is 1.13. The molecule has 0 heteroatoms. The lowest BCUT2D eigenvalue weighted by atomic mass is 9.99. The molecule has 0 bridgehead atoms. The van der Waals surface area contributed by atoms with Gasteiger partial charge in [-0.15, -0.1) is 6.58 Å². The van der Waals surface area contributed by atoms with E-state index in [2.05, 4.69) is 37.8 Å². The zero-order valence-corrected chi connectivity index (χ0v) is 9.13. The van der Waals surface area contributed by atoms with Crippen LogP contribution in [0.4, 0.5) is 0 Å². The average molecular weight is 188 g/mol. The Morgan fingerprint density at radius 3 is 2.36 bits per heavy atom. The van der Waals surface area contributed by atoms with Crippen LogP contribution in [-0.4, -0.2) is 0 Å². The summed E-state index contributed by atoms with van der Waals surface area (Å²) >= 11 is 0. The van der Waals surface area contributed by atoms with Crippen molar-refractivity contribution in [1.29, 1.82) is 0 Å². The summed E-state index contributed by atoms with van der Waals surface area (Å²) in [6.07, 6.45) is 8.00. The molecule has 0 spiro atoms. The minimum Gasteiger partial charge on any atom is -0.103 e. The van der Waals surface area contributed by atoms with Crippen LogP contribution in [0.1, 0.15) is 37.3 Å². The molecular formula is C14H20. The maximum Gasteiger partial charge on any atom is -0.0273 e. The van der Waals surface area contributed by atoms with Crippen LogP contribution >= 0.6 is 0 Å². The summed E-state index contributed by atoms with van der Waals surface area (Å²) in [5.41, 5.74) is 3.05. The SMILES string of the molecule is C=CCCCc1ccccc1CCC. The third-order valence-corrected chi connectivity index (χ3v) is 2.49. The van der Waals surface area contributed by atoms with E-state index in [-0.39, 0.29) is 0 Å². The van der Waals surface area contributed by atoms with Crippen molar-refractivity contribution in [2.45, 2.75) is 39.0 Å². The first-order chi connectivity index (χ1) is 6.88. The number of aryl methyl sites for hydroxylation is 2. The van der Waals surface area contributed by atoms with Gasteiger partial charge in [0.2, 0.25) is 0 Å². The molecule has 0 aliphatic rings. The zero-order valence-electron chi connectivity index (χ0n) is 9.13. The maximum absolute atomic E-state index is 3.75. The monoisotopic (exact) mass is 188 g/mol. The van der Waals surface area contributed by atoms with Gasteiger partial charge >= 0.3 is 0 Å². The standard InChI is InChI=1S/C14H20/c1-3-5-6-10-14-12-8-7-11-13(14)9-4-2/h3,7-8,11-12H,1,4-6,9-10H2,2H3. The second-order valence-corrected chi connectivity index (χ2v) is 3.70. The predicted molar refractivity (Wildman–Crippen MR) is 63.6 cm³/mol. The van der Waals surface area contributed by atoms with Gasteiger partial charge in [0.1, 0.15) is 0 Å². The average Bonchev–Trinajstić information content (AvgIpc) is 2.21. The second-order valence-electron chi connectivity index (χ2n) is 3.70. The Balaban J connectivity index is 2.59. The Labute approximate surface area is 87.7 Å². The van der Waals surface area contributed by atoms with Crippen LogP contribution in [-0.2, 0) is 12.8 Å². The number of rotatable bonds is 6. The zero-order chi connectivity index (χ0) is 10.2. The molecule has 1 aromatic rings. The highest BCUT2D eigenvalue weighted by Gasteiger charge is 1.99. The number of unbranched alkanes of at least 4 members (excludes halogenated alkanes) is 1. The molecule has 0 saturated heterocycles. The Bertz CT molecular complexity index is 273. The molecule has 1 rings (SSSR count). The fourth-order valence-corrected chi connectivity index (χ4v) is 1.75. The summed E-state index contributed by atoms with van der Waals surface area (Å²) < 4.78 is 0. The van der Waals surface area contributed by atoms with E-state index < -0.39 is 0 Å². The first-order valence-corrected chi connectivity index (χ1v) is 5.56. The van der Waals surface area contributed by atoms with E-state index in [4.69, 9.17) is 0 Å². The van der Waals surface area contributed by atoms with E-state index in [1.165, 1.54) is 36.8 Å². The van der Waals surface area contributed by atoms with Crippen molar-refractivity contribution in [2.75, 3.05) is 0 Å². The van der Waals surface area contributed by atoms with Crippen molar-refractivity contribution in [2.24, 2.45) is 0 Å². The Hall–Kier alpha value is -1.04. The van der Waals surface area contributed by atoms with E-state index in [1.54, 1.807) is 0 Å². The number of allylic oxidation sites excluding steroid dienone is 1. The fraction of sp³-hybridized carbons (Fsp3) is 0.429. The van der Waals surface area contributed by atoms with Crippen LogP contribution in [0, 0.1) is 0 Å². The van der Waals surface area contributed by atoms with Gasteiger partial charge in [-0.1, -0.05) is 43.7 Å². The largest absolute Gasteiger partial charge is 0.103 e. The molecule has 0 radical (unpaired) electrons. The van der Waals surface area contributed by atoms with Crippen LogP contribution in [0.25, 0.3) is 0 Å². The molecule has 0 N–H and O–H groups in total. The van der Waals surface area contributed by atoms with Crippen LogP contribution in [0.5, 0.6) is 0 Å². The van der Waals surface area contributed by atoms with Crippen molar-refractivity contribution in [3.8, 4) is 0 Å². The quantitative estimate of drug-likeness (QED) is 0.465. The summed E-state index contributed by atoms with van der Waals surface area (Å²) in [5, 5.41) is 0. The molecule has 0 aliphatic heterocycles. The summed E-state index contributed by atoms with van der Waals surface area (Å²) in [4.78, 5) is 0. The van der Waals surface area contributed by atoms with Gasteiger partial charge in [-0.25, -0.2) is 0 Å². The van der Waals surface area contributed by atoms with Crippen molar-refractivity contribution >= 4 is 0 Å². The van der Waals surface area contributed by atoms with Gasteiger partial charge in [-0.05, 0) is 36.8 Å². The van der Waals surface area contributed by atoms with Crippen LogP contribution in [0.15, 0.2) is 36.9 Å². The van der Waals surface area contributed by atoms with E-state index in [0.717, 1.165) is 6.42 Å². The van der Waals surface area contributed by atoms with Crippen LogP contribution in [0.2, 0.25) is 0 Å². The molecule has 0 unspecified atom stereocenters. The van der Waals surface area contributed by atoms with Gasteiger partial charge in [-0.3, -0.25) is 0 Å². The van der Waals surface area contributed by atoms with E-state index in [9.17, 15) is 0 Å². The molecule has 0 nitrogen and oxygen atoms in total. The van der Waals surface area contributed by atoms with Crippen molar-refractivity contribution in [3.63, 3.8) is 0 Å². The Morgan fingerprint density at radius 2 is 1.79 bits per heavy atom. The molecule has 0 fully saturated rings. The predicted octanol–water partition coefficient (Wildman–Crippen LogP) is 4.15. The molecule has 0 aliphatic carbocycles. The van der Waals surface area contributed by atoms with E-state index >= 15 is 0 Å². The number of hydrogen-bond acceptors (Lipinski definition) is 0. The normalized spacial score (nSPS) is 10.1. The summed E-state index contributed by atoms with van der Waals surface area (Å²) in [6, 6.07) is 8.80. The molecule has 1 aromatic carbocycles. The van der Waals surface area contributed by atoms with Gasteiger partial charge in [0.15, 0.2) is 0 Å². The molecule has 0 saturated carbocycles. The smallest absolute Gasteiger partial charge is 0.0273 e. The third kappa shape index (κ3) is 3.37. The molecule has 0 heterocycles. The van der Waals surface area contributed by atoms with Gasteiger partial charge in [0, 0.05) is 0 Å². The van der Waals surface area contributed by atoms with Gasteiger partial charge in [-0.2, -0.15) is 0 Å². The van der Waals surface area contributed by atoms with Crippen molar-refractivity contribution in [3.05, 3.63) is 48.0 Å². The topological polar surface area (TPSA) is 0 Å². The molecule has 0 amide bonds. The third-order valence-electron chi connectivity index (χ3n) is 2.49. The summed E-state index contributed by atoms with van der Waals surface area (Å²) in [5.74, 6) is 0. The van der Waals surface area contributed by atoms with E-state index in [0.29, 0.717) is 0 Å². The van der Waals surface area contributed by atoms with E-state index in [1.807, 2.05) is 6.08 Å². The van der Waals surface area contributed by atoms with Gasteiger partial charge < -0.3 is 0 Å². The second kappa shape index (κ2) is 6.42. The highest BCUT2D eigenvalue weighted by Crippen LogP contribution is 2.13. The van der Waals surface area contributed by atoms with Crippen LogP contribution < -0.4 is 0 Å². The van der Waals surface area contributed by atoms with Crippen LogP contribution in [0.3, 0.4) is 0 Å². The summed E-state index contributed by atoms with van der Waals surface area (Å²) in [7, 11) is 0. The number of benzene rings is 1. The lowest BCUT2D eigenvalue weighted by Gasteiger charge is -2.07. The minimum absolute atomic E-state index is 1.13. The Morgan fingerprint density at radius 1 is 1.14 bits per heavy atom. The van der Waals surface area contributed by atoms with Gasteiger partial charge in [0.25, 0.3) is 0 Å². The number of hydrogen-bond donors (Lipinski definition) is 0. The molecule has 0 atom stereocenters. The summed E-state index contributed by atoms with van der Waals surface area (Å²) in [6.45, 7) is 5.99. The first-order valence-electron chi connectivity index (χ1n) is 5.56. The highest BCUT2D eigenvalue weighted by atomic mass is 14.0. The highest BCUT2D eigenvalue weighted by molar-refractivity contribution is 5.27. The van der Waals surface area contributed by atoms with Gasteiger partial charge in [0.05, 0.1) is 0 Å². The molecule has 14 heavy (non-hydrogen) atoms. The lowest BCUT2D eigenvalue weighted by Crippen LogP contribution is -1.93. The molecule has 76 valence electrons. The Kier molecular flexibility index (Phi) is 5.06. The maximum atomic E-state index is 3.75. The first kappa shape index (κ1) is 11.0. The van der Waals surface area contributed by atoms with Crippen molar-refractivity contribution in [1.82, 2.24) is 0 Å². The lowest BCUT2D eigenvalue weighted by molar-refractivity contribution is 0.818.